The van der Waals surface area contributed by atoms with Crippen LogP contribution in [-0.2, 0) is 10.2 Å². The number of carbonyl (C=O) groups excluding carboxylic acids is 1. The third kappa shape index (κ3) is 3.33. The van der Waals surface area contributed by atoms with Gasteiger partial charge in [0.05, 0.1) is 18.2 Å². The Morgan fingerprint density at radius 3 is 2.78 bits per heavy atom. The topological polar surface area (TPSA) is 51.2 Å². The largest absolute Gasteiger partial charge is 0.487 e. The SMILES string of the molecule is C[C@H](CNC(=O)C1(c2ccccc2F)CC1)Oc1cccnc1. The maximum Gasteiger partial charge on any atom is 0.230 e. The Hall–Kier alpha value is -2.43. The van der Waals surface area contributed by atoms with Gasteiger partial charge in [-0.2, -0.15) is 0 Å². The zero-order valence-corrected chi connectivity index (χ0v) is 13.0. The first-order valence-corrected chi connectivity index (χ1v) is 7.72. The van der Waals surface area contributed by atoms with Crippen molar-refractivity contribution >= 4 is 5.91 Å². The van der Waals surface area contributed by atoms with Gasteiger partial charge in [0, 0.05) is 11.8 Å². The summed E-state index contributed by atoms with van der Waals surface area (Å²) in [7, 11) is 0. The number of hydrogen-bond acceptors (Lipinski definition) is 3. The van der Waals surface area contributed by atoms with Crippen molar-refractivity contribution in [2.45, 2.75) is 31.3 Å². The standard InChI is InChI=1S/C18H19FN2O2/c1-13(23-14-5-4-10-20-12-14)11-21-17(22)18(8-9-18)15-6-2-3-7-16(15)19/h2-7,10,12-13H,8-9,11H2,1H3,(H,21,22)/t13-/m1/s1. The van der Waals surface area contributed by atoms with Crippen molar-refractivity contribution in [3.63, 3.8) is 0 Å². The highest BCUT2D eigenvalue weighted by atomic mass is 19.1. The highest BCUT2D eigenvalue weighted by Gasteiger charge is 2.52. The third-order valence-electron chi connectivity index (χ3n) is 4.10. The molecule has 1 N–H and O–H groups in total. The number of nitrogens with zero attached hydrogens (tertiary/aromatic N) is 1. The molecule has 1 atom stereocenters. The van der Waals surface area contributed by atoms with E-state index in [0.717, 1.165) is 0 Å². The summed E-state index contributed by atoms with van der Waals surface area (Å²) in [6, 6.07) is 10.1. The monoisotopic (exact) mass is 314 g/mol. The molecule has 1 aliphatic rings. The number of ether oxygens (including phenoxy) is 1. The lowest BCUT2D eigenvalue weighted by molar-refractivity contribution is -0.124. The molecule has 1 aromatic carbocycles. The molecule has 3 rings (SSSR count). The van der Waals surface area contributed by atoms with E-state index in [4.69, 9.17) is 4.74 Å². The van der Waals surface area contributed by atoms with E-state index >= 15 is 0 Å². The summed E-state index contributed by atoms with van der Waals surface area (Å²) in [5.74, 6) is 0.202. The number of nitrogens with one attached hydrogen (secondary N) is 1. The van der Waals surface area contributed by atoms with Crippen LogP contribution in [0.3, 0.4) is 0 Å². The van der Waals surface area contributed by atoms with Crippen LogP contribution in [-0.4, -0.2) is 23.5 Å². The number of halogens is 1. The predicted molar refractivity (Wildman–Crippen MR) is 84.6 cm³/mol. The van der Waals surface area contributed by atoms with Gasteiger partial charge in [0.25, 0.3) is 0 Å². The maximum absolute atomic E-state index is 14.0. The van der Waals surface area contributed by atoms with Gasteiger partial charge in [0.15, 0.2) is 0 Å². The molecule has 4 nitrogen and oxygen atoms in total. The van der Waals surface area contributed by atoms with Crippen LogP contribution in [0.2, 0.25) is 0 Å². The molecule has 1 aromatic heterocycles. The molecule has 2 aromatic rings. The molecule has 1 saturated carbocycles. The van der Waals surface area contributed by atoms with Crippen molar-refractivity contribution in [1.82, 2.24) is 10.3 Å². The minimum atomic E-state index is -0.709. The van der Waals surface area contributed by atoms with Crippen molar-refractivity contribution in [3.8, 4) is 5.75 Å². The van der Waals surface area contributed by atoms with Gasteiger partial charge in [-0.15, -0.1) is 0 Å². The number of aromatic nitrogens is 1. The minimum Gasteiger partial charge on any atom is -0.487 e. The Morgan fingerprint density at radius 1 is 1.35 bits per heavy atom. The normalized spacial score (nSPS) is 16.4. The lowest BCUT2D eigenvalue weighted by atomic mass is 9.94. The second-order valence-electron chi connectivity index (χ2n) is 5.89. The first-order chi connectivity index (χ1) is 11.1. The average Bonchev–Trinajstić information content (AvgIpc) is 3.36. The van der Waals surface area contributed by atoms with Gasteiger partial charge in [-0.25, -0.2) is 4.39 Å². The van der Waals surface area contributed by atoms with Crippen LogP contribution in [0.4, 0.5) is 4.39 Å². The second-order valence-corrected chi connectivity index (χ2v) is 5.89. The molecule has 0 unspecified atom stereocenters. The number of rotatable bonds is 6. The fraction of sp³-hybridized carbons (Fsp3) is 0.333. The summed E-state index contributed by atoms with van der Waals surface area (Å²) in [6.45, 7) is 2.24. The third-order valence-corrected chi connectivity index (χ3v) is 4.10. The van der Waals surface area contributed by atoms with Crippen molar-refractivity contribution in [2.24, 2.45) is 0 Å². The summed E-state index contributed by atoms with van der Waals surface area (Å²) in [5, 5.41) is 2.88. The molecular formula is C18H19FN2O2. The molecule has 1 aliphatic carbocycles. The highest BCUT2D eigenvalue weighted by Crippen LogP contribution is 2.49. The van der Waals surface area contributed by atoms with Crippen LogP contribution in [0.1, 0.15) is 25.3 Å². The van der Waals surface area contributed by atoms with E-state index in [9.17, 15) is 9.18 Å². The molecule has 0 spiro atoms. The van der Waals surface area contributed by atoms with Crippen molar-refractivity contribution < 1.29 is 13.9 Å². The predicted octanol–water partition coefficient (Wildman–Crippen LogP) is 2.84. The summed E-state index contributed by atoms with van der Waals surface area (Å²) >= 11 is 0. The zero-order chi connectivity index (χ0) is 16.3. The maximum atomic E-state index is 14.0. The van der Waals surface area contributed by atoms with Crippen LogP contribution in [0, 0.1) is 5.82 Å². The Balaban J connectivity index is 1.58. The average molecular weight is 314 g/mol. The summed E-state index contributed by atoms with van der Waals surface area (Å²) in [4.78, 5) is 16.5. The Morgan fingerprint density at radius 2 is 2.13 bits per heavy atom. The molecule has 5 heteroatoms. The van der Waals surface area contributed by atoms with E-state index in [-0.39, 0.29) is 17.8 Å². The van der Waals surface area contributed by atoms with E-state index in [1.54, 1.807) is 36.7 Å². The smallest absolute Gasteiger partial charge is 0.230 e. The van der Waals surface area contributed by atoms with Gasteiger partial charge in [-0.05, 0) is 38.0 Å². The lowest BCUT2D eigenvalue weighted by Gasteiger charge is -2.19. The first-order valence-electron chi connectivity index (χ1n) is 7.72. The molecular weight excluding hydrogens is 295 g/mol. The highest BCUT2D eigenvalue weighted by molar-refractivity contribution is 5.91. The lowest BCUT2D eigenvalue weighted by Crippen LogP contribution is -2.40. The van der Waals surface area contributed by atoms with Crippen molar-refractivity contribution in [2.75, 3.05) is 6.54 Å². The van der Waals surface area contributed by atoms with Crippen molar-refractivity contribution in [1.29, 1.82) is 0 Å². The molecule has 0 bridgehead atoms. The van der Waals surface area contributed by atoms with Gasteiger partial charge in [-0.1, -0.05) is 18.2 Å². The Kier molecular flexibility index (Phi) is 4.28. The number of carbonyl (C=O) groups is 1. The number of pyridine rings is 1. The number of hydrogen-bond donors (Lipinski definition) is 1. The fourth-order valence-electron chi connectivity index (χ4n) is 2.69. The van der Waals surface area contributed by atoms with E-state index in [0.29, 0.717) is 30.7 Å². The van der Waals surface area contributed by atoms with Gasteiger partial charge in [0.2, 0.25) is 5.91 Å². The van der Waals surface area contributed by atoms with E-state index in [1.165, 1.54) is 6.07 Å². The molecule has 120 valence electrons. The van der Waals surface area contributed by atoms with Crippen molar-refractivity contribution in [3.05, 3.63) is 60.2 Å². The van der Waals surface area contributed by atoms with Gasteiger partial charge in [0.1, 0.15) is 17.7 Å². The fourth-order valence-corrected chi connectivity index (χ4v) is 2.69. The summed E-state index contributed by atoms with van der Waals surface area (Å²) < 4.78 is 19.6. The van der Waals surface area contributed by atoms with Crippen LogP contribution >= 0.6 is 0 Å². The zero-order valence-electron chi connectivity index (χ0n) is 13.0. The van der Waals surface area contributed by atoms with E-state index in [2.05, 4.69) is 10.3 Å². The van der Waals surface area contributed by atoms with Gasteiger partial charge in [-0.3, -0.25) is 9.78 Å². The van der Waals surface area contributed by atoms with Gasteiger partial charge < -0.3 is 10.1 Å². The second kappa shape index (κ2) is 6.36. The quantitative estimate of drug-likeness (QED) is 0.892. The van der Waals surface area contributed by atoms with Gasteiger partial charge >= 0.3 is 0 Å². The molecule has 0 aliphatic heterocycles. The van der Waals surface area contributed by atoms with Crippen LogP contribution in [0.25, 0.3) is 0 Å². The first kappa shape index (κ1) is 15.5. The molecule has 1 amide bonds. The van der Waals surface area contributed by atoms with E-state index < -0.39 is 5.41 Å². The van der Waals surface area contributed by atoms with Crippen LogP contribution in [0.15, 0.2) is 48.8 Å². The Bertz CT molecular complexity index is 686. The summed E-state index contributed by atoms with van der Waals surface area (Å²) in [5.41, 5.74) is -0.224. The number of benzene rings is 1. The molecule has 0 radical (unpaired) electrons. The van der Waals surface area contributed by atoms with E-state index in [1.807, 2.05) is 13.0 Å². The Labute approximate surface area is 134 Å². The van der Waals surface area contributed by atoms with Crippen LogP contribution in [0.5, 0.6) is 5.75 Å². The molecule has 1 heterocycles. The molecule has 0 saturated heterocycles. The minimum absolute atomic E-state index is 0.135. The molecule has 23 heavy (non-hydrogen) atoms. The van der Waals surface area contributed by atoms with Crippen LogP contribution < -0.4 is 10.1 Å². The number of amides is 1. The molecule has 1 fully saturated rings. The summed E-state index contributed by atoms with van der Waals surface area (Å²) in [6.07, 6.45) is 4.46.